The molecular formula is C17H26N2O. The van der Waals surface area contributed by atoms with Gasteiger partial charge in [0.25, 0.3) is 0 Å². The monoisotopic (exact) mass is 274 g/mol. The molecule has 0 aliphatic heterocycles. The van der Waals surface area contributed by atoms with Gasteiger partial charge in [0, 0.05) is 18.2 Å². The Balaban J connectivity index is 2.28. The maximum absolute atomic E-state index is 12.9. The Morgan fingerprint density at radius 3 is 2.75 bits per heavy atom. The van der Waals surface area contributed by atoms with Crippen LogP contribution in [0.15, 0.2) is 18.2 Å². The molecule has 1 fully saturated rings. The summed E-state index contributed by atoms with van der Waals surface area (Å²) >= 11 is 0. The molecule has 1 amide bonds. The highest BCUT2D eigenvalue weighted by Crippen LogP contribution is 2.34. The van der Waals surface area contributed by atoms with E-state index in [1.165, 1.54) is 11.1 Å². The first-order valence-corrected chi connectivity index (χ1v) is 7.67. The summed E-state index contributed by atoms with van der Waals surface area (Å²) in [5, 5.41) is 0. The van der Waals surface area contributed by atoms with Crippen molar-refractivity contribution in [2.24, 2.45) is 17.6 Å². The molecule has 110 valence electrons. The number of anilines is 1. The Labute approximate surface area is 122 Å². The SMILES string of the molecule is CCN(C(=O)[C@@H]1CCC[C@@H]1CN)c1cccc(C)c1C. The van der Waals surface area contributed by atoms with Crippen LogP contribution < -0.4 is 10.6 Å². The maximum atomic E-state index is 12.9. The van der Waals surface area contributed by atoms with Crippen LogP contribution in [-0.2, 0) is 4.79 Å². The first-order valence-electron chi connectivity index (χ1n) is 7.67. The second-order valence-corrected chi connectivity index (χ2v) is 5.83. The van der Waals surface area contributed by atoms with E-state index in [9.17, 15) is 4.79 Å². The summed E-state index contributed by atoms with van der Waals surface area (Å²) in [6.45, 7) is 7.58. The zero-order valence-electron chi connectivity index (χ0n) is 12.9. The highest BCUT2D eigenvalue weighted by Gasteiger charge is 2.35. The molecule has 2 atom stereocenters. The third-order valence-corrected chi connectivity index (χ3v) is 4.73. The molecule has 1 aliphatic carbocycles. The second-order valence-electron chi connectivity index (χ2n) is 5.83. The van der Waals surface area contributed by atoms with Crippen molar-refractivity contribution in [2.45, 2.75) is 40.0 Å². The Bertz CT molecular complexity index is 484. The van der Waals surface area contributed by atoms with Crippen molar-refractivity contribution in [1.82, 2.24) is 0 Å². The van der Waals surface area contributed by atoms with Gasteiger partial charge in [0.2, 0.25) is 5.91 Å². The molecule has 1 aromatic carbocycles. The highest BCUT2D eigenvalue weighted by atomic mass is 16.2. The van der Waals surface area contributed by atoms with Gasteiger partial charge in [0.05, 0.1) is 0 Å². The van der Waals surface area contributed by atoms with Crippen LogP contribution in [0.5, 0.6) is 0 Å². The van der Waals surface area contributed by atoms with E-state index in [0.29, 0.717) is 12.5 Å². The molecule has 0 spiro atoms. The van der Waals surface area contributed by atoms with Gasteiger partial charge in [0.15, 0.2) is 0 Å². The third kappa shape index (κ3) is 2.73. The van der Waals surface area contributed by atoms with Gasteiger partial charge in [0.1, 0.15) is 0 Å². The quantitative estimate of drug-likeness (QED) is 0.917. The Morgan fingerprint density at radius 2 is 2.10 bits per heavy atom. The molecule has 1 aliphatic rings. The van der Waals surface area contributed by atoms with E-state index in [2.05, 4.69) is 26.0 Å². The van der Waals surface area contributed by atoms with Gasteiger partial charge < -0.3 is 10.6 Å². The number of nitrogens with two attached hydrogens (primary N) is 1. The van der Waals surface area contributed by atoms with Crippen LogP contribution in [0, 0.1) is 25.7 Å². The molecule has 0 aromatic heterocycles. The fourth-order valence-electron chi connectivity index (χ4n) is 3.32. The number of hydrogen-bond donors (Lipinski definition) is 1. The van der Waals surface area contributed by atoms with E-state index in [4.69, 9.17) is 5.73 Å². The summed E-state index contributed by atoms with van der Waals surface area (Å²) < 4.78 is 0. The van der Waals surface area contributed by atoms with E-state index < -0.39 is 0 Å². The lowest BCUT2D eigenvalue weighted by molar-refractivity contribution is -0.123. The molecular weight excluding hydrogens is 248 g/mol. The third-order valence-electron chi connectivity index (χ3n) is 4.73. The highest BCUT2D eigenvalue weighted by molar-refractivity contribution is 5.96. The van der Waals surface area contributed by atoms with Gasteiger partial charge in [-0.3, -0.25) is 4.79 Å². The van der Waals surface area contributed by atoms with Gasteiger partial charge in [-0.05, 0) is 63.3 Å². The predicted molar refractivity (Wildman–Crippen MR) is 83.8 cm³/mol. The minimum Gasteiger partial charge on any atom is -0.330 e. The van der Waals surface area contributed by atoms with Crippen LogP contribution in [0.25, 0.3) is 0 Å². The van der Waals surface area contributed by atoms with Crippen LogP contribution in [0.1, 0.15) is 37.3 Å². The van der Waals surface area contributed by atoms with Crippen molar-refractivity contribution in [3.63, 3.8) is 0 Å². The molecule has 0 bridgehead atoms. The summed E-state index contributed by atoms with van der Waals surface area (Å²) in [6, 6.07) is 6.17. The van der Waals surface area contributed by atoms with Crippen molar-refractivity contribution in [1.29, 1.82) is 0 Å². The number of nitrogens with zero attached hydrogens (tertiary/aromatic N) is 1. The van der Waals surface area contributed by atoms with Crippen molar-refractivity contribution in [3.8, 4) is 0 Å². The minimum atomic E-state index is 0.111. The van der Waals surface area contributed by atoms with E-state index in [-0.39, 0.29) is 11.8 Å². The molecule has 3 nitrogen and oxygen atoms in total. The topological polar surface area (TPSA) is 46.3 Å². The van der Waals surface area contributed by atoms with Gasteiger partial charge in [-0.1, -0.05) is 18.6 Å². The lowest BCUT2D eigenvalue weighted by atomic mass is 9.94. The van der Waals surface area contributed by atoms with Crippen LogP contribution in [0.3, 0.4) is 0 Å². The lowest BCUT2D eigenvalue weighted by Crippen LogP contribution is -2.39. The number of hydrogen-bond acceptors (Lipinski definition) is 2. The summed E-state index contributed by atoms with van der Waals surface area (Å²) in [5.41, 5.74) is 9.31. The average Bonchev–Trinajstić information content (AvgIpc) is 2.92. The van der Waals surface area contributed by atoms with Gasteiger partial charge in [-0.2, -0.15) is 0 Å². The number of amides is 1. The van der Waals surface area contributed by atoms with Gasteiger partial charge in [-0.25, -0.2) is 0 Å². The van der Waals surface area contributed by atoms with Crippen molar-refractivity contribution in [3.05, 3.63) is 29.3 Å². The first kappa shape index (κ1) is 15.0. The van der Waals surface area contributed by atoms with E-state index in [0.717, 1.165) is 31.5 Å². The van der Waals surface area contributed by atoms with Crippen LogP contribution >= 0.6 is 0 Å². The van der Waals surface area contributed by atoms with E-state index >= 15 is 0 Å². The minimum absolute atomic E-state index is 0.111. The Kier molecular flexibility index (Phi) is 4.81. The maximum Gasteiger partial charge on any atom is 0.230 e. The van der Waals surface area contributed by atoms with Crippen LogP contribution in [0.4, 0.5) is 5.69 Å². The lowest BCUT2D eigenvalue weighted by Gasteiger charge is -2.28. The molecule has 0 heterocycles. The van der Waals surface area contributed by atoms with Crippen molar-refractivity contribution in [2.75, 3.05) is 18.0 Å². The van der Waals surface area contributed by atoms with Gasteiger partial charge >= 0.3 is 0 Å². The molecule has 1 saturated carbocycles. The smallest absolute Gasteiger partial charge is 0.230 e. The van der Waals surface area contributed by atoms with Crippen molar-refractivity contribution < 1.29 is 4.79 Å². The fourth-order valence-corrected chi connectivity index (χ4v) is 3.32. The molecule has 3 heteroatoms. The Morgan fingerprint density at radius 1 is 1.35 bits per heavy atom. The standard InChI is InChI=1S/C17H26N2O/c1-4-19(16-10-5-7-12(2)13(16)3)17(20)15-9-6-8-14(15)11-18/h5,7,10,14-15H,4,6,8-9,11,18H2,1-3H3/t14-,15-/m1/s1. The zero-order chi connectivity index (χ0) is 14.7. The van der Waals surface area contributed by atoms with Crippen molar-refractivity contribution >= 4 is 11.6 Å². The summed E-state index contributed by atoms with van der Waals surface area (Å²) in [5.74, 6) is 0.732. The first-order chi connectivity index (χ1) is 9.60. The zero-order valence-corrected chi connectivity index (χ0v) is 12.9. The van der Waals surface area contributed by atoms with Crippen LogP contribution in [-0.4, -0.2) is 19.0 Å². The molecule has 2 rings (SSSR count). The normalized spacial score (nSPS) is 22.0. The molecule has 0 unspecified atom stereocenters. The summed E-state index contributed by atoms with van der Waals surface area (Å²) in [6.07, 6.45) is 3.21. The molecule has 20 heavy (non-hydrogen) atoms. The number of rotatable bonds is 4. The van der Waals surface area contributed by atoms with E-state index in [1.54, 1.807) is 0 Å². The molecule has 2 N–H and O–H groups in total. The largest absolute Gasteiger partial charge is 0.330 e. The van der Waals surface area contributed by atoms with E-state index in [1.807, 2.05) is 17.9 Å². The Hall–Kier alpha value is -1.35. The summed E-state index contributed by atoms with van der Waals surface area (Å²) in [7, 11) is 0. The van der Waals surface area contributed by atoms with Crippen LogP contribution in [0.2, 0.25) is 0 Å². The molecule has 0 radical (unpaired) electrons. The average molecular weight is 274 g/mol. The van der Waals surface area contributed by atoms with Gasteiger partial charge in [-0.15, -0.1) is 0 Å². The number of aryl methyl sites for hydroxylation is 1. The number of benzene rings is 1. The molecule has 1 aromatic rings. The number of carbonyl (C=O) groups is 1. The number of carbonyl (C=O) groups excluding carboxylic acids is 1. The fraction of sp³-hybridized carbons (Fsp3) is 0.588. The summed E-state index contributed by atoms with van der Waals surface area (Å²) in [4.78, 5) is 14.8. The molecule has 0 saturated heterocycles. The predicted octanol–water partition coefficient (Wildman–Crippen LogP) is 3.03. The second kappa shape index (κ2) is 6.40.